The molecule has 4 nitrogen and oxygen atoms in total. The van der Waals surface area contributed by atoms with E-state index in [1.807, 2.05) is 72.8 Å². The SMILES string of the molecule is COc1ccnc(CSC(=Nc2ccccc2)Nc2ccccc2)c1. The molecule has 0 amide bonds. The first-order chi connectivity index (χ1) is 12.3. The zero-order chi connectivity index (χ0) is 17.3. The predicted molar refractivity (Wildman–Crippen MR) is 106 cm³/mol. The van der Waals surface area contributed by atoms with Gasteiger partial charge in [-0.25, -0.2) is 4.99 Å². The van der Waals surface area contributed by atoms with Gasteiger partial charge in [0.25, 0.3) is 0 Å². The summed E-state index contributed by atoms with van der Waals surface area (Å²) in [5, 5.41) is 4.20. The summed E-state index contributed by atoms with van der Waals surface area (Å²) in [5.74, 6) is 1.51. The van der Waals surface area contributed by atoms with E-state index in [9.17, 15) is 0 Å². The summed E-state index contributed by atoms with van der Waals surface area (Å²) in [6.45, 7) is 0. The number of benzene rings is 2. The van der Waals surface area contributed by atoms with Crippen molar-refractivity contribution in [2.24, 2.45) is 4.99 Å². The van der Waals surface area contributed by atoms with Crippen LogP contribution < -0.4 is 10.1 Å². The Bertz CT molecular complexity index is 823. The molecule has 0 saturated carbocycles. The average Bonchev–Trinajstić information content (AvgIpc) is 2.68. The first-order valence-corrected chi connectivity index (χ1v) is 8.89. The number of methoxy groups -OCH3 is 1. The van der Waals surface area contributed by atoms with Gasteiger partial charge >= 0.3 is 0 Å². The molecule has 0 fully saturated rings. The Morgan fingerprint density at radius 3 is 2.48 bits per heavy atom. The fourth-order valence-electron chi connectivity index (χ4n) is 2.17. The van der Waals surface area contributed by atoms with E-state index in [2.05, 4.69) is 10.3 Å². The van der Waals surface area contributed by atoms with Crippen molar-refractivity contribution in [1.82, 2.24) is 4.98 Å². The Labute approximate surface area is 152 Å². The number of rotatable bonds is 5. The lowest BCUT2D eigenvalue weighted by atomic mass is 10.3. The van der Waals surface area contributed by atoms with Gasteiger partial charge in [0.15, 0.2) is 5.17 Å². The van der Waals surface area contributed by atoms with Crippen molar-refractivity contribution in [1.29, 1.82) is 0 Å². The number of nitrogens with zero attached hydrogens (tertiary/aromatic N) is 2. The quantitative estimate of drug-likeness (QED) is 0.513. The van der Waals surface area contributed by atoms with E-state index in [-0.39, 0.29) is 0 Å². The van der Waals surface area contributed by atoms with Crippen molar-refractivity contribution >= 4 is 28.3 Å². The Morgan fingerprint density at radius 2 is 1.76 bits per heavy atom. The molecule has 0 aliphatic heterocycles. The molecular formula is C20H19N3OS. The fraction of sp³-hybridized carbons (Fsp3) is 0.100. The van der Waals surface area contributed by atoms with Crippen LogP contribution in [0.5, 0.6) is 5.75 Å². The topological polar surface area (TPSA) is 46.5 Å². The highest BCUT2D eigenvalue weighted by Crippen LogP contribution is 2.21. The van der Waals surface area contributed by atoms with E-state index >= 15 is 0 Å². The molecule has 3 rings (SSSR count). The van der Waals surface area contributed by atoms with Crippen molar-refractivity contribution in [2.75, 3.05) is 12.4 Å². The fourth-order valence-corrected chi connectivity index (χ4v) is 2.97. The van der Waals surface area contributed by atoms with Crippen molar-refractivity contribution in [2.45, 2.75) is 5.75 Å². The average molecular weight is 349 g/mol. The van der Waals surface area contributed by atoms with Gasteiger partial charge in [0, 0.05) is 23.7 Å². The smallest absolute Gasteiger partial charge is 0.166 e. The molecular weight excluding hydrogens is 330 g/mol. The van der Waals surface area contributed by atoms with Crippen LogP contribution in [0.3, 0.4) is 0 Å². The van der Waals surface area contributed by atoms with Gasteiger partial charge in [-0.3, -0.25) is 4.98 Å². The van der Waals surface area contributed by atoms with Crippen LogP contribution in [0.2, 0.25) is 0 Å². The van der Waals surface area contributed by atoms with E-state index in [1.165, 1.54) is 0 Å². The molecule has 0 spiro atoms. The van der Waals surface area contributed by atoms with Crippen LogP contribution >= 0.6 is 11.8 Å². The number of hydrogen-bond acceptors (Lipinski definition) is 4. The summed E-state index contributed by atoms with van der Waals surface area (Å²) in [6, 6.07) is 23.7. The van der Waals surface area contributed by atoms with Crippen molar-refractivity contribution in [3.63, 3.8) is 0 Å². The zero-order valence-corrected chi connectivity index (χ0v) is 14.7. The first-order valence-electron chi connectivity index (χ1n) is 7.91. The van der Waals surface area contributed by atoms with Crippen LogP contribution in [0, 0.1) is 0 Å². The van der Waals surface area contributed by atoms with Gasteiger partial charge in [-0.2, -0.15) is 0 Å². The van der Waals surface area contributed by atoms with Crippen LogP contribution in [0.15, 0.2) is 84.0 Å². The number of pyridine rings is 1. The summed E-state index contributed by atoms with van der Waals surface area (Å²) < 4.78 is 5.26. The third-order valence-corrected chi connectivity index (χ3v) is 4.30. The minimum Gasteiger partial charge on any atom is -0.497 e. The standard InChI is InChI=1S/C20H19N3OS/c1-24-19-12-13-21-18(14-19)15-25-20(22-16-8-4-2-5-9-16)23-17-10-6-3-7-11-17/h2-14H,15H2,1H3,(H,22,23). The van der Waals surface area contributed by atoms with Gasteiger partial charge < -0.3 is 10.1 Å². The lowest BCUT2D eigenvalue weighted by Crippen LogP contribution is -2.08. The maximum Gasteiger partial charge on any atom is 0.166 e. The second kappa shape index (κ2) is 8.89. The predicted octanol–water partition coefficient (Wildman–Crippen LogP) is 5.12. The number of para-hydroxylation sites is 2. The number of thioether (sulfide) groups is 1. The normalized spacial score (nSPS) is 11.2. The Balaban J connectivity index is 1.77. The number of nitrogens with one attached hydrogen (secondary N) is 1. The summed E-state index contributed by atoms with van der Waals surface area (Å²) in [4.78, 5) is 9.11. The second-order valence-corrected chi connectivity index (χ2v) is 6.18. The highest BCUT2D eigenvalue weighted by Gasteiger charge is 2.05. The molecule has 1 heterocycles. The van der Waals surface area contributed by atoms with E-state index in [0.717, 1.165) is 28.0 Å². The number of amidine groups is 1. The van der Waals surface area contributed by atoms with E-state index < -0.39 is 0 Å². The number of ether oxygens (including phenoxy) is 1. The zero-order valence-electron chi connectivity index (χ0n) is 13.9. The van der Waals surface area contributed by atoms with E-state index in [4.69, 9.17) is 9.73 Å². The maximum atomic E-state index is 5.26. The number of aromatic nitrogens is 1. The maximum absolute atomic E-state index is 5.26. The lowest BCUT2D eigenvalue weighted by molar-refractivity contribution is 0.414. The summed E-state index contributed by atoms with van der Waals surface area (Å²) in [7, 11) is 1.66. The van der Waals surface area contributed by atoms with Crippen molar-refractivity contribution in [3.8, 4) is 5.75 Å². The number of anilines is 1. The molecule has 3 aromatic rings. The molecule has 0 aliphatic rings. The summed E-state index contributed by atoms with van der Waals surface area (Å²) in [6.07, 6.45) is 1.76. The van der Waals surface area contributed by atoms with Crippen LogP contribution in [0.1, 0.15) is 5.69 Å². The highest BCUT2D eigenvalue weighted by molar-refractivity contribution is 8.13. The van der Waals surface area contributed by atoms with E-state index in [1.54, 1.807) is 25.1 Å². The van der Waals surface area contributed by atoms with Crippen molar-refractivity contribution < 1.29 is 4.74 Å². The van der Waals surface area contributed by atoms with Gasteiger partial charge in [-0.05, 0) is 30.3 Å². The van der Waals surface area contributed by atoms with Gasteiger partial charge in [0.1, 0.15) is 5.75 Å². The summed E-state index contributed by atoms with van der Waals surface area (Å²) >= 11 is 1.60. The minimum absolute atomic E-state index is 0.697. The largest absolute Gasteiger partial charge is 0.497 e. The van der Waals surface area contributed by atoms with Crippen molar-refractivity contribution in [3.05, 3.63) is 84.7 Å². The Morgan fingerprint density at radius 1 is 1.04 bits per heavy atom. The number of hydrogen-bond donors (Lipinski definition) is 1. The van der Waals surface area contributed by atoms with Gasteiger partial charge in [-0.15, -0.1) is 0 Å². The Kier molecular flexibility index (Phi) is 6.06. The van der Waals surface area contributed by atoms with E-state index in [0.29, 0.717) is 5.75 Å². The highest BCUT2D eigenvalue weighted by atomic mass is 32.2. The van der Waals surface area contributed by atoms with Crippen LogP contribution in [0.25, 0.3) is 0 Å². The second-order valence-electron chi connectivity index (χ2n) is 5.22. The van der Waals surface area contributed by atoms with Crippen LogP contribution in [0.4, 0.5) is 11.4 Å². The molecule has 0 aliphatic carbocycles. The van der Waals surface area contributed by atoms with Crippen LogP contribution in [-0.4, -0.2) is 17.3 Å². The molecule has 5 heteroatoms. The molecule has 0 unspecified atom stereocenters. The molecule has 0 atom stereocenters. The molecule has 126 valence electrons. The molecule has 1 N–H and O–H groups in total. The molecule has 0 saturated heterocycles. The van der Waals surface area contributed by atoms with Gasteiger partial charge in [-0.1, -0.05) is 48.2 Å². The molecule has 25 heavy (non-hydrogen) atoms. The van der Waals surface area contributed by atoms with Crippen LogP contribution in [-0.2, 0) is 5.75 Å². The third kappa shape index (κ3) is 5.36. The van der Waals surface area contributed by atoms with Gasteiger partial charge in [0.2, 0.25) is 0 Å². The molecule has 0 bridgehead atoms. The summed E-state index contributed by atoms with van der Waals surface area (Å²) in [5.41, 5.74) is 2.86. The molecule has 2 aromatic carbocycles. The molecule has 1 aromatic heterocycles. The van der Waals surface area contributed by atoms with Gasteiger partial charge in [0.05, 0.1) is 18.5 Å². The molecule has 0 radical (unpaired) electrons. The monoisotopic (exact) mass is 349 g/mol. The third-order valence-electron chi connectivity index (χ3n) is 3.39. The lowest BCUT2D eigenvalue weighted by Gasteiger charge is -2.10. The minimum atomic E-state index is 0.697. The Hall–Kier alpha value is -2.79. The number of aliphatic imine (C=N–C) groups is 1. The first kappa shape index (κ1) is 17.0.